The molecule has 1 nitrogen and oxygen atoms in total. The van der Waals surface area contributed by atoms with Crippen LogP contribution in [0.25, 0.3) is 0 Å². The lowest BCUT2D eigenvalue weighted by Crippen LogP contribution is -1.89. The minimum Gasteiger partial charge on any atom is -0.298 e. The summed E-state index contributed by atoms with van der Waals surface area (Å²) in [6.07, 6.45) is 2.83. The van der Waals surface area contributed by atoms with Gasteiger partial charge in [0.1, 0.15) is 12.1 Å². The molecule has 0 N–H and O–H groups in total. The molecular weight excluding hydrogens is 155 g/mol. The SMILES string of the molecule is O=Cc1ccc(C2CC2)c(F)c1. The van der Waals surface area contributed by atoms with E-state index in [0.29, 0.717) is 17.8 Å². The molecule has 1 aromatic carbocycles. The summed E-state index contributed by atoms with van der Waals surface area (Å²) < 4.78 is 13.2. The number of benzene rings is 1. The molecule has 0 spiro atoms. The van der Waals surface area contributed by atoms with E-state index in [4.69, 9.17) is 0 Å². The van der Waals surface area contributed by atoms with Crippen molar-refractivity contribution in [2.45, 2.75) is 18.8 Å². The second-order valence-electron chi connectivity index (χ2n) is 3.17. The molecule has 0 unspecified atom stereocenters. The Balaban J connectivity index is 2.38. The topological polar surface area (TPSA) is 17.1 Å². The van der Waals surface area contributed by atoms with Crippen molar-refractivity contribution in [3.8, 4) is 0 Å². The molecule has 0 heterocycles. The zero-order valence-corrected chi connectivity index (χ0v) is 6.59. The lowest BCUT2D eigenvalue weighted by Gasteiger charge is -1.99. The smallest absolute Gasteiger partial charge is 0.150 e. The molecule has 1 aromatic rings. The molecule has 0 aromatic heterocycles. The lowest BCUT2D eigenvalue weighted by molar-refractivity contribution is 0.112. The van der Waals surface area contributed by atoms with Gasteiger partial charge in [0.05, 0.1) is 0 Å². The number of hydrogen-bond donors (Lipinski definition) is 0. The minimum atomic E-state index is -0.234. The van der Waals surface area contributed by atoms with Crippen LogP contribution in [0.5, 0.6) is 0 Å². The van der Waals surface area contributed by atoms with E-state index in [9.17, 15) is 9.18 Å². The largest absolute Gasteiger partial charge is 0.298 e. The third kappa shape index (κ3) is 1.24. The molecule has 1 aliphatic rings. The number of carbonyl (C=O) groups is 1. The van der Waals surface area contributed by atoms with E-state index in [1.165, 1.54) is 6.07 Å². The summed E-state index contributed by atoms with van der Waals surface area (Å²) in [4.78, 5) is 10.3. The van der Waals surface area contributed by atoms with E-state index in [1.54, 1.807) is 12.1 Å². The van der Waals surface area contributed by atoms with Crippen LogP contribution in [0.3, 0.4) is 0 Å². The highest BCUT2D eigenvalue weighted by atomic mass is 19.1. The van der Waals surface area contributed by atoms with Gasteiger partial charge in [-0.05, 0) is 30.4 Å². The van der Waals surface area contributed by atoms with Gasteiger partial charge >= 0.3 is 0 Å². The number of carbonyl (C=O) groups excluding carboxylic acids is 1. The van der Waals surface area contributed by atoms with Crippen molar-refractivity contribution in [3.05, 3.63) is 35.1 Å². The standard InChI is InChI=1S/C10H9FO/c11-10-5-7(6-12)1-4-9(10)8-2-3-8/h1,4-6,8H,2-3H2. The Morgan fingerprint density at radius 3 is 2.67 bits per heavy atom. The van der Waals surface area contributed by atoms with Gasteiger partial charge in [-0.1, -0.05) is 12.1 Å². The number of aldehydes is 1. The summed E-state index contributed by atoms with van der Waals surface area (Å²) in [5.74, 6) is 0.174. The monoisotopic (exact) mass is 164 g/mol. The van der Waals surface area contributed by atoms with Gasteiger partial charge < -0.3 is 0 Å². The molecule has 1 fully saturated rings. The number of halogens is 1. The van der Waals surface area contributed by atoms with Crippen molar-refractivity contribution >= 4 is 6.29 Å². The van der Waals surface area contributed by atoms with Crippen LogP contribution in [0.15, 0.2) is 18.2 Å². The van der Waals surface area contributed by atoms with Crippen LogP contribution in [0.4, 0.5) is 4.39 Å². The summed E-state index contributed by atoms with van der Waals surface area (Å²) in [5, 5.41) is 0. The molecular formula is C10H9FO. The predicted octanol–water partition coefficient (Wildman–Crippen LogP) is 2.52. The van der Waals surface area contributed by atoms with Crippen LogP contribution in [-0.4, -0.2) is 6.29 Å². The first-order valence-corrected chi connectivity index (χ1v) is 4.06. The fraction of sp³-hybridized carbons (Fsp3) is 0.300. The number of hydrogen-bond acceptors (Lipinski definition) is 1. The summed E-state index contributed by atoms with van der Waals surface area (Å²) in [7, 11) is 0. The highest BCUT2D eigenvalue weighted by molar-refractivity contribution is 5.74. The van der Waals surface area contributed by atoms with Gasteiger partial charge in [-0.3, -0.25) is 4.79 Å². The summed E-state index contributed by atoms with van der Waals surface area (Å²) in [6.45, 7) is 0. The van der Waals surface area contributed by atoms with Crippen molar-refractivity contribution in [2.24, 2.45) is 0 Å². The highest BCUT2D eigenvalue weighted by Crippen LogP contribution is 2.41. The van der Waals surface area contributed by atoms with Gasteiger partial charge in [0.25, 0.3) is 0 Å². The molecule has 12 heavy (non-hydrogen) atoms. The van der Waals surface area contributed by atoms with Crippen molar-refractivity contribution in [1.82, 2.24) is 0 Å². The third-order valence-corrected chi connectivity index (χ3v) is 2.18. The molecule has 0 saturated heterocycles. The zero-order valence-electron chi connectivity index (χ0n) is 6.59. The van der Waals surface area contributed by atoms with E-state index in [-0.39, 0.29) is 5.82 Å². The zero-order chi connectivity index (χ0) is 8.55. The molecule has 2 rings (SSSR count). The average molecular weight is 164 g/mol. The van der Waals surface area contributed by atoms with Crippen LogP contribution in [-0.2, 0) is 0 Å². The summed E-state index contributed by atoms with van der Waals surface area (Å²) in [6, 6.07) is 4.70. The Hall–Kier alpha value is -1.18. The van der Waals surface area contributed by atoms with Crippen LogP contribution < -0.4 is 0 Å². The maximum Gasteiger partial charge on any atom is 0.150 e. The van der Waals surface area contributed by atoms with E-state index >= 15 is 0 Å². The van der Waals surface area contributed by atoms with Gasteiger partial charge in [0.2, 0.25) is 0 Å². The van der Waals surface area contributed by atoms with Gasteiger partial charge in [0, 0.05) is 5.56 Å². The van der Waals surface area contributed by atoms with Crippen molar-refractivity contribution in [1.29, 1.82) is 0 Å². The quantitative estimate of drug-likeness (QED) is 0.614. The van der Waals surface area contributed by atoms with Gasteiger partial charge in [-0.2, -0.15) is 0 Å². The fourth-order valence-corrected chi connectivity index (χ4v) is 1.34. The Kier molecular flexibility index (Phi) is 1.68. The molecule has 0 amide bonds. The maximum atomic E-state index is 13.2. The maximum absolute atomic E-state index is 13.2. The van der Waals surface area contributed by atoms with Gasteiger partial charge in [-0.25, -0.2) is 4.39 Å². The van der Waals surface area contributed by atoms with Crippen LogP contribution >= 0.6 is 0 Å². The van der Waals surface area contributed by atoms with Crippen molar-refractivity contribution in [3.63, 3.8) is 0 Å². The molecule has 1 saturated carbocycles. The van der Waals surface area contributed by atoms with Crippen LogP contribution in [0, 0.1) is 5.82 Å². The molecule has 1 aliphatic carbocycles. The third-order valence-electron chi connectivity index (χ3n) is 2.18. The van der Waals surface area contributed by atoms with E-state index in [1.807, 2.05) is 0 Å². The Labute approximate surface area is 70.2 Å². The highest BCUT2D eigenvalue weighted by Gasteiger charge is 2.26. The first-order chi connectivity index (χ1) is 5.81. The normalized spacial score (nSPS) is 16.1. The van der Waals surface area contributed by atoms with Gasteiger partial charge in [0.15, 0.2) is 0 Å². The molecule has 0 atom stereocenters. The first kappa shape index (κ1) is 7.47. The minimum absolute atomic E-state index is 0.234. The predicted molar refractivity (Wildman–Crippen MR) is 43.8 cm³/mol. The van der Waals surface area contributed by atoms with Crippen LogP contribution in [0.2, 0.25) is 0 Å². The fourth-order valence-electron chi connectivity index (χ4n) is 1.34. The molecule has 0 aliphatic heterocycles. The van der Waals surface area contributed by atoms with Crippen molar-refractivity contribution in [2.75, 3.05) is 0 Å². The van der Waals surface area contributed by atoms with Crippen molar-refractivity contribution < 1.29 is 9.18 Å². The van der Waals surface area contributed by atoms with E-state index < -0.39 is 0 Å². The summed E-state index contributed by atoms with van der Waals surface area (Å²) >= 11 is 0. The first-order valence-electron chi connectivity index (χ1n) is 4.06. The molecule has 62 valence electrons. The molecule has 0 bridgehead atoms. The molecule has 2 heteroatoms. The second-order valence-corrected chi connectivity index (χ2v) is 3.17. The van der Waals surface area contributed by atoms with Gasteiger partial charge in [-0.15, -0.1) is 0 Å². The Morgan fingerprint density at radius 1 is 1.42 bits per heavy atom. The Morgan fingerprint density at radius 2 is 2.17 bits per heavy atom. The van der Waals surface area contributed by atoms with E-state index in [2.05, 4.69) is 0 Å². The van der Waals surface area contributed by atoms with E-state index in [0.717, 1.165) is 18.4 Å². The van der Waals surface area contributed by atoms with Crippen LogP contribution in [0.1, 0.15) is 34.7 Å². The summed E-state index contributed by atoms with van der Waals surface area (Å²) in [5.41, 5.74) is 1.18. The average Bonchev–Trinajstić information content (AvgIpc) is 2.87. The second kappa shape index (κ2) is 2.70. The Bertz CT molecular complexity index is 316. The lowest BCUT2D eigenvalue weighted by atomic mass is 10.1. The molecule has 0 radical (unpaired) electrons. The number of rotatable bonds is 2.